The van der Waals surface area contributed by atoms with Crippen molar-refractivity contribution in [1.29, 1.82) is 0 Å². The van der Waals surface area contributed by atoms with Gasteiger partial charge < -0.3 is 14.0 Å². The van der Waals surface area contributed by atoms with Crippen LogP contribution in [0.1, 0.15) is 43.8 Å². The predicted octanol–water partition coefficient (Wildman–Crippen LogP) is 4.74. The summed E-state index contributed by atoms with van der Waals surface area (Å²) in [5, 5.41) is 6.43. The molecule has 142 valence electrons. The van der Waals surface area contributed by atoms with Crippen LogP contribution in [0.4, 0.5) is 0 Å². The molecule has 1 fully saturated rings. The van der Waals surface area contributed by atoms with Crippen molar-refractivity contribution in [2.24, 2.45) is 0 Å². The summed E-state index contributed by atoms with van der Waals surface area (Å²) in [7, 11) is 0. The molecular weight excluding hydrogens is 340 g/mol. The summed E-state index contributed by atoms with van der Waals surface area (Å²) in [6.45, 7) is 1.52. The summed E-state index contributed by atoms with van der Waals surface area (Å²) >= 11 is 0. The molecule has 1 aromatic heterocycles. The van der Waals surface area contributed by atoms with E-state index in [1.54, 1.807) is 0 Å². The van der Waals surface area contributed by atoms with Crippen molar-refractivity contribution < 1.29 is 14.0 Å². The first kappa shape index (κ1) is 18.0. The summed E-state index contributed by atoms with van der Waals surface area (Å²) in [5.74, 6) is 2.40. The van der Waals surface area contributed by atoms with Gasteiger partial charge in [-0.3, -0.25) is 0 Å². The van der Waals surface area contributed by atoms with E-state index in [-0.39, 0.29) is 0 Å². The first-order valence-electron chi connectivity index (χ1n) is 9.92. The Morgan fingerprint density at radius 2 is 1.96 bits per heavy atom. The Bertz CT molecular complexity index is 850. The van der Waals surface area contributed by atoms with Gasteiger partial charge in [0.05, 0.1) is 12.7 Å². The second-order valence-corrected chi connectivity index (χ2v) is 7.06. The molecule has 1 aliphatic heterocycles. The predicted molar refractivity (Wildman–Crippen MR) is 104 cm³/mol. The topological polar surface area (TPSA) is 57.4 Å². The van der Waals surface area contributed by atoms with Gasteiger partial charge in [0.15, 0.2) is 5.82 Å². The van der Waals surface area contributed by atoms with Crippen LogP contribution in [0.3, 0.4) is 0 Å². The molecule has 2 heterocycles. The number of benzene rings is 2. The molecule has 5 nitrogen and oxygen atoms in total. The highest BCUT2D eigenvalue weighted by atomic mass is 16.5. The maximum Gasteiger partial charge on any atom is 0.226 e. The lowest BCUT2D eigenvalue weighted by Crippen LogP contribution is -2.19. The van der Waals surface area contributed by atoms with Crippen LogP contribution in [0.25, 0.3) is 10.8 Å². The van der Waals surface area contributed by atoms with Crippen molar-refractivity contribution in [2.75, 3.05) is 13.2 Å². The monoisotopic (exact) mass is 366 g/mol. The van der Waals surface area contributed by atoms with Crippen molar-refractivity contribution in [3.05, 3.63) is 54.2 Å². The number of ether oxygens (including phenoxy) is 2. The van der Waals surface area contributed by atoms with Gasteiger partial charge in [-0.1, -0.05) is 41.6 Å². The van der Waals surface area contributed by atoms with E-state index in [1.165, 1.54) is 18.2 Å². The Kier molecular flexibility index (Phi) is 5.99. The zero-order valence-electron chi connectivity index (χ0n) is 15.6. The molecule has 1 saturated heterocycles. The summed E-state index contributed by atoms with van der Waals surface area (Å²) in [4.78, 5) is 4.50. The fourth-order valence-corrected chi connectivity index (χ4v) is 3.55. The Labute approximate surface area is 159 Å². The number of hydrogen-bond acceptors (Lipinski definition) is 5. The van der Waals surface area contributed by atoms with E-state index in [9.17, 15) is 0 Å². The number of aryl methyl sites for hydroxylation is 2. The normalized spacial score (nSPS) is 17.3. The molecule has 27 heavy (non-hydrogen) atoms. The Balaban J connectivity index is 1.22. The van der Waals surface area contributed by atoms with E-state index in [4.69, 9.17) is 14.0 Å². The third-order valence-corrected chi connectivity index (χ3v) is 5.02. The molecular formula is C22H26N2O3. The van der Waals surface area contributed by atoms with Crippen molar-refractivity contribution in [2.45, 2.75) is 51.0 Å². The highest BCUT2D eigenvalue weighted by Crippen LogP contribution is 2.25. The molecule has 0 bridgehead atoms. The minimum absolute atomic E-state index is 0.350. The maximum atomic E-state index is 5.97. The molecule has 0 spiro atoms. The summed E-state index contributed by atoms with van der Waals surface area (Å²) in [5.41, 5.74) is 0. The van der Waals surface area contributed by atoms with E-state index in [0.717, 1.165) is 55.7 Å². The lowest BCUT2D eigenvalue weighted by molar-refractivity contribution is 0.0104. The Morgan fingerprint density at radius 1 is 1.04 bits per heavy atom. The molecule has 0 amide bonds. The van der Waals surface area contributed by atoms with E-state index >= 15 is 0 Å². The van der Waals surface area contributed by atoms with Gasteiger partial charge >= 0.3 is 0 Å². The lowest BCUT2D eigenvalue weighted by atomic mass is 10.0. The van der Waals surface area contributed by atoms with Crippen LogP contribution >= 0.6 is 0 Å². The highest BCUT2D eigenvalue weighted by molar-refractivity contribution is 5.88. The fourth-order valence-electron chi connectivity index (χ4n) is 3.55. The Hall–Kier alpha value is -2.40. The first-order chi connectivity index (χ1) is 13.4. The van der Waals surface area contributed by atoms with Crippen molar-refractivity contribution >= 4 is 10.8 Å². The third-order valence-electron chi connectivity index (χ3n) is 5.02. The van der Waals surface area contributed by atoms with Crippen LogP contribution in [0.2, 0.25) is 0 Å². The third kappa shape index (κ3) is 4.86. The SMILES string of the molecule is c1ccc2c(OCCCc3noc(CCC4CCCCO4)n3)cccc2c1. The molecule has 0 radical (unpaired) electrons. The number of nitrogens with zero attached hydrogens (tertiary/aromatic N) is 2. The van der Waals surface area contributed by atoms with Crippen LogP contribution in [-0.4, -0.2) is 29.5 Å². The van der Waals surface area contributed by atoms with Crippen molar-refractivity contribution in [1.82, 2.24) is 10.1 Å². The fraction of sp³-hybridized carbons (Fsp3) is 0.455. The number of aromatic nitrogens is 2. The average Bonchev–Trinajstić information content (AvgIpc) is 3.18. The standard InChI is InChI=1S/C22H26N2O3/c1-2-10-19-17(7-1)8-5-11-20(19)26-16-6-12-21-23-22(27-24-21)14-13-18-9-3-4-15-25-18/h1-2,5,7-8,10-11,18H,3-4,6,9,12-16H2. The first-order valence-corrected chi connectivity index (χ1v) is 9.92. The smallest absolute Gasteiger partial charge is 0.226 e. The number of fused-ring (bicyclic) bond motifs is 1. The molecule has 2 aromatic carbocycles. The van der Waals surface area contributed by atoms with Gasteiger partial charge in [0, 0.05) is 24.8 Å². The molecule has 0 N–H and O–H groups in total. The van der Waals surface area contributed by atoms with Crippen molar-refractivity contribution in [3.8, 4) is 5.75 Å². The molecule has 3 aromatic rings. The van der Waals surface area contributed by atoms with E-state index < -0.39 is 0 Å². The maximum absolute atomic E-state index is 5.97. The van der Waals surface area contributed by atoms with Gasteiger partial charge in [0.1, 0.15) is 5.75 Å². The van der Waals surface area contributed by atoms with Crippen LogP contribution in [0, 0.1) is 0 Å². The minimum Gasteiger partial charge on any atom is -0.493 e. The molecule has 0 aliphatic carbocycles. The van der Waals surface area contributed by atoms with Gasteiger partial charge in [-0.15, -0.1) is 0 Å². The van der Waals surface area contributed by atoms with Gasteiger partial charge in [-0.25, -0.2) is 0 Å². The van der Waals surface area contributed by atoms with Crippen molar-refractivity contribution in [3.63, 3.8) is 0 Å². The van der Waals surface area contributed by atoms with Crippen LogP contribution in [-0.2, 0) is 17.6 Å². The zero-order valence-corrected chi connectivity index (χ0v) is 15.6. The molecule has 1 unspecified atom stereocenters. The molecule has 1 atom stereocenters. The lowest BCUT2D eigenvalue weighted by Gasteiger charge is -2.21. The molecule has 1 aliphatic rings. The minimum atomic E-state index is 0.350. The molecule has 5 heteroatoms. The van der Waals surface area contributed by atoms with Crippen LogP contribution in [0.5, 0.6) is 5.75 Å². The molecule has 4 rings (SSSR count). The second kappa shape index (κ2) is 9.00. The van der Waals surface area contributed by atoms with E-state index in [0.29, 0.717) is 18.6 Å². The largest absolute Gasteiger partial charge is 0.493 e. The second-order valence-electron chi connectivity index (χ2n) is 7.06. The van der Waals surface area contributed by atoms with Gasteiger partial charge in [-0.2, -0.15) is 4.98 Å². The quantitative estimate of drug-likeness (QED) is 0.539. The Morgan fingerprint density at radius 3 is 2.89 bits per heavy atom. The average molecular weight is 366 g/mol. The van der Waals surface area contributed by atoms with Crippen LogP contribution < -0.4 is 4.74 Å². The number of hydrogen-bond donors (Lipinski definition) is 0. The van der Waals surface area contributed by atoms with Gasteiger partial charge in [-0.05, 0) is 43.6 Å². The van der Waals surface area contributed by atoms with Crippen LogP contribution in [0.15, 0.2) is 47.0 Å². The summed E-state index contributed by atoms with van der Waals surface area (Å²) < 4.78 is 17.1. The van der Waals surface area contributed by atoms with E-state index in [2.05, 4.69) is 28.3 Å². The zero-order chi connectivity index (χ0) is 18.3. The van der Waals surface area contributed by atoms with Gasteiger partial charge in [0.2, 0.25) is 5.89 Å². The highest BCUT2D eigenvalue weighted by Gasteiger charge is 2.15. The van der Waals surface area contributed by atoms with E-state index in [1.807, 2.05) is 24.3 Å². The molecule has 0 saturated carbocycles. The number of rotatable bonds is 8. The summed E-state index contributed by atoms with van der Waals surface area (Å²) in [6, 6.07) is 14.4. The summed E-state index contributed by atoms with van der Waals surface area (Å²) in [6.07, 6.45) is 7.31. The van der Waals surface area contributed by atoms with Gasteiger partial charge in [0.25, 0.3) is 0 Å².